The maximum absolute atomic E-state index is 11.4. The number of aliphatic carboxylic acids is 1. The molecular weight excluding hydrogens is 276 g/mol. The summed E-state index contributed by atoms with van der Waals surface area (Å²) in [5, 5.41) is 9.34. The Balaban J connectivity index is 2.67. The van der Waals surface area contributed by atoms with E-state index in [1.54, 1.807) is 0 Å². The highest BCUT2D eigenvalue weighted by Crippen LogP contribution is 2.44. The molecule has 0 aromatic heterocycles. The van der Waals surface area contributed by atoms with Crippen molar-refractivity contribution >= 4 is 15.8 Å². The minimum atomic E-state index is -2.95. The van der Waals surface area contributed by atoms with Crippen LogP contribution in [0.3, 0.4) is 0 Å². The number of carboxylic acid groups (broad SMARTS) is 1. The van der Waals surface area contributed by atoms with Crippen LogP contribution in [0.2, 0.25) is 0 Å². The summed E-state index contributed by atoms with van der Waals surface area (Å²) in [4.78, 5) is 11.4. The number of hydrogen-bond donors (Lipinski definition) is 1. The highest BCUT2D eigenvalue weighted by atomic mass is 32.2. The van der Waals surface area contributed by atoms with Gasteiger partial charge in [-0.15, -0.1) is 0 Å². The van der Waals surface area contributed by atoms with E-state index in [9.17, 15) is 18.3 Å². The molecule has 3 unspecified atom stereocenters. The summed E-state index contributed by atoms with van der Waals surface area (Å²) >= 11 is 0. The largest absolute Gasteiger partial charge is 0.481 e. The fraction of sp³-hybridized carbons (Fsp3) is 0.933. The molecule has 0 aliphatic heterocycles. The van der Waals surface area contributed by atoms with Gasteiger partial charge in [0.1, 0.15) is 9.84 Å². The quantitative estimate of drug-likeness (QED) is 0.847. The Morgan fingerprint density at radius 1 is 1.25 bits per heavy atom. The van der Waals surface area contributed by atoms with Crippen molar-refractivity contribution in [3.8, 4) is 0 Å². The zero-order valence-electron chi connectivity index (χ0n) is 13.1. The maximum Gasteiger partial charge on any atom is 0.306 e. The maximum atomic E-state index is 11.4. The molecule has 0 aromatic rings. The topological polar surface area (TPSA) is 71.4 Å². The predicted octanol–water partition coefficient (Wildman–Crippen LogP) is 2.97. The van der Waals surface area contributed by atoms with Crippen molar-refractivity contribution in [3.63, 3.8) is 0 Å². The van der Waals surface area contributed by atoms with Crippen LogP contribution in [-0.4, -0.2) is 31.5 Å². The van der Waals surface area contributed by atoms with Gasteiger partial charge in [0.2, 0.25) is 0 Å². The zero-order valence-corrected chi connectivity index (χ0v) is 13.9. The van der Waals surface area contributed by atoms with Gasteiger partial charge in [0.25, 0.3) is 0 Å². The molecule has 0 aromatic carbocycles. The Labute approximate surface area is 122 Å². The summed E-state index contributed by atoms with van der Waals surface area (Å²) in [5.41, 5.74) is 0.193. The van der Waals surface area contributed by atoms with E-state index in [2.05, 4.69) is 20.8 Å². The molecule has 1 N–H and O–H groups in total. The van der Waals surface area contributed by atoms with Crippen LogP contribution in [0.4, 0.5) is 0 Å². The van der Waals surface area contributed by atoms with Gasteiger partial charge in [0.15, 0.2) is 0 Å². The molecule has 118 valence electrons. The van der Waals surface area contributed by atoms with Gasteiger partial charge in [-0.3, -0.25) is 4.79 Å². The van der Waals surface area contributed by atoms with Gasteiger partial charge in [0.05, 0.1) is 5.92 Å². The first kappa shape index (κ1) is 17.5. The van der Waals surface area contributed by atoms with Crippen LogP contribution in [0.25, 0.3) is 0 Å². The average molecular weight is 304 g/mol. The normalized spacial score (nSPS) is 28.3. The highest BCUT2D eigenvalue weighted by Gasteiger charge is 2.38. The molecule has 0 spiro atoms. The van der Waals surface area contributed by atoms with E-state index in [0.29, 0.717) is 18.8 Å². The van der Waals surface area contributed by atoms with Gasteiger partial charge in [-0.1, -0.05) is 20.8 Å². The summed E-state index contributed by atoms with van der Waals surface area (Å²) in [6.07, 6.45) is 5.11. The third kappa shape index (κ3) is 5.43. The van der Waals surface area contributed by atoms with Crippen LogP contribution in [0.5, 0.6) is 0 Å². The predicted molar refractivity (Wildman–Crippen MR) is 80.4 cm³/mol. The number of hydrogen-bond acceptors (Lipinski definition) is 3. The SMILES string of the molecule is CC(C)(C)C1CCC(C(=O)O)C(CCCS(C)(=O)=O)C1. The Kier molecular flexibility index (Phi) is 5.64. The first-order valence-corrected chi connectivity index (χ1v) is 9.47. The van der Waals surface area contributed by atoms with E-state index in [1.807, 2.05) is 0 Å². The number of sulfone groups is 1. The highest BCUT2D eigenvalue weighted by molar-refractivity contribution is 7.90. The lowest BCUT2D eigenvalue weighted by molar-refractivity contribution is -0.146. The third-order valence-corrected chi connectivity index (χ3v) is 5.64. The molecule has 0 bridgehead atoms. The fourth-order valence-corrected chi connectivity index (χ4v) is 3.99. The Bertz CT molecular complexity index is 433. The first-order valence-electron chi connectivity index (χ1n) is 7.41. The van der Waals surface area contributed by atoms with E-state index in [-0.39, 0.29) is 23.0 Å². The molecule has 1 saturated carbocycles. The Morgan fingerprint density at radius 3 is 2.30 bits per heavy atom. The van der Waals surface area contributed by atoms with Crippen LogP contribution < -0.4 is 0 Å². The molecule has 3 atom stereocenters. The van der Waals surface area contributed by atoms with Crippen LogP contribution in [0.15, 0.2) is 0 Å². The fourth-order valence-electron chi connectivity index (χ4n) is 3.30. The van der Waals surface area contributed by atoms with Crippen LogP contribution in [0, 0.1) is 23.2 Å². The lowest BCUT2D eigenvalue weighted by Gasteiger charge is -2.40. The third-order valence-electron chi connectivity index (χ3n) is 4.61. The van der Waals surface area contributed by atoms with E-state index in [0.717, 1.165) is 19.3 Å². The van der Waals surface area contributed by atoms with Crippen molar-refractivity contribution in [2.45, 2.75) is 52.9 Å². The molecule has 0 amide bonds. The van der Waals surface area contributed by atoms with E-state index in [1.165, 1.54) is 6.26 Å². The summed E-state index contributed by atoms with van der Waals surface area (Å²) in [6.45, 7) is 6.60. The standard InChI is InChI=1S/C15H28O4S/c1-15(2,3)12-7-8-13(14(16)17)11(10-12)6-5-9-20(4,18)19/h11-13H,5-10H2,1-4H3,(H,16,17). The molecular formula is C15H28O4S. The van der Waals surface area contributed by atoms with Gasteiger partial charge in [0, 0.05) is 12.0 Å². The molecule has 5 heteroatoms. The van der Waals surface area contributed by atoms with Gasteiger partial charge in [-0.2, -0.15) is 0 Å². The van der Waals surface area contributed by atoms with Crippen molar-refractivity contribution in [3.05, 3.63) is 0 Å². The first-order chi connectivity index (χ1) is 9.00. The summed E-state index contributed by atoms with van der Waals surface area (Å²) in [5.74, 6) is -0.209. The summed E-state index contributed by atoms with van der Waals surface area (Å²) in [7, 11) is -2.95. The molecule has 0 saturated heterocycles. The number of rotatable bonds is 5. The van der Waals surface area contributed by atoms with E-state index in [4.69, 9.17) is 0 Å². The molecule has 0 radical (unpaired) electrons. The van der Waals surface area contributed by atoms with Gasteiger partial charge in [-0.05, 0) is 49.4 Å². The van der Waals surface area contributed by atoms with E-state index < -0.39 is 15.8 Å². The molecule has 1 aliphatic carbocycles. The molecule has 4 nitrogen and oxygen atoms in total. The number of carbonyl (C=O) groups is 1. The van der Waals surface area contributed by atoms with Crippen molar-refractivity contribution < 1.29 is 18.3 Å². The number of carboxylic acids is 1. The minimum Gasteiger partial charge on any atom is -0.481 e. The van der Waals surface area contributed by atoms with Gasteiger partial charge >= 0.3 is 5.97 Å². The van der Waals surface area contributed by atoms with Crippen molar-refractivity contribution in [2.75, 3.05) is 12.0 Å². The lowest BCUT2D eigenvalue weighted by atomic mass is 9.64. The van der Waals surface area contributed by atoms with Gasteiger partial charge < -0.3 is 5.11 Å². The second-order valence-electron chi connectivity index (χ2n) is 7.35. The zero-order chi connectivity index (χ0) is 15.6. The molecule has 20 heavy (non-hydrogen) atoms. The van der Waals surface area contributed by atoms with E-state index >= 15 is 0 Å². The second-order valence-corrected chi connectivity index (χ2v) is 9.61. The average Bonchev–Trinajstić information content (AvgIpc) is 2.25. The molecule has 0 heterocycles. The monoisotopic (exact) mass is 304 g/mol. The van der Waals surface area contributed by atoms with Crippen LogP contribution in [0.1, 0.15) is 52.9 Å². The van der Waals surface area contributed by atoms with Crippen molar-refractivity contribution in [1.29, 1.82) is 0 Å². The molecule has 1 aliphatic rings. The van der Waals surface area contributed by atoms with Crippen LogP contribution in [-0.2, 0) is 14.6 Å². The summed E-state index contributed by atoms with van der Waals surface area (Å²) < 4.78 is 22.4. The van der Waals surface area contributed by atoms with Crippen molar-refractivity contribution in [2.24, 2.45) is 23.2 Å². The van der Waals surface area contributed by atoms with Crippen molar-refractivity contribution in [1.82, 2.24) is 0 Å². The minimum absolute atomic E-state index is 0.118. The molecule has 1 rings (SSSR count). The molecule has 1 fully saturated rings. The summed E-state index contributed by atoms with van der Waals surface area (Å²) in [6, 6.07) is 0. The smallest absolute Gasteiger partial charge is 0.306 e. The van der Waals surface area contributed by atoms with Gasteiger partial charge in [-0.25, -0.2) is 8.42 Å². The second kappa shape index (κ2) is 6.46. The Morgan fingerprint density at radius 2 is 1.85 bits per heavy atom. The van der Waals surface area contributed by atoms with Crippen LogP contribution >= 0.6 is 0 Å². The lowest BCUT2D eigenvalue weighted by Crippen LogP contribution is -2.35. The Hall–Kier alpha value is -0.580.